The minimum absolute atomic E-state index is 0.0357. The van der Waals surface area contributed by atoms with Gasteiger partial charge in [0, 0.05) is 12.6 Å². The molecule has 9 heteroatoms. The van der Waals surface area contributed by atoms with E-state index in [2.05, 4.69) is 0 Å². The molecule has 1 fully saturated rings. The Kier molecular flexibility index (Phi) is 4.67. The summed E-state index contributed by atoms with van der Waals surface area (Å²) >= 11 is 6.23. The molecule has 0 radical (unpaired) electrons. The minimum Gasteiger partial charge on any atom is -0.500 e. The summed E-state index contributed by atoms with van der Waals surface area (Å²) in [5, 5.41) is 20.7. The van der Waals surface area contributed by atoms with Gasteiger partial charge in [0.15, 0.2) is 5.75 Å². The van der Waals surface area contributed by atoms with Crippen molar-refractivity contribution < 1.29 is 19.6 Å². The number of phenolic OH excluding ortho intramolecular Hbond substituents is 1. The average molecular weight is 340 g/mol. The van der Waals surface area contributed by atoms with Gasteiger partial charge in [-0.2, -0.15) is 0 Å². The van der Waals surface area contributed by atoms with Crippen LogP contribution in [0.5, 0.6) is 11.5 Å². The van der Waals surface area contributed by atoms with Crippen molar-refractivity contribution in [2.45, 2.75) is 6.92 Å². The van der Waals surface area contributed by atoms with Gasteiger partial charge in [-0.15, -0.1) is 0 Å². The van der Waals surface area contributed by atoms with Gasteiger partial charge >= 0.3 is 5.69 Å². The summed E-state index contributed by atoms with van der Waals surface area (Å²) in [6.07, 6.45) is 1.49. The average Bonchev–Trinajstić information content (AvgIpc) is 2.74. The molecule has 1 aliphatic heterocycles. The molecule has 1 amide bonds. The summed E-state index contributed by atoms with van der Waals surface area (Å²) < 4.78 is 5.36. The maximum absolute atomic E-state index is 12.1. The maximum Gasteiger partial charge on any atom is 0.315 e. The molecule has 0 aliphatic carbocycles. The number of methoxy groups -OCH3 is 1. The molecular formula is C13H12N2O5S2. The van der Waals surface area contributed by atoms with Crippen LogP contribution in [0.25, 0.3) is 6.08 Å². The number of thioether (sulfide) groups is 1. The van der Waals surface area contributed by atoms with Crippen LogP contribution in [0, 0.1) is 10.1 Å². The second-order valence-corrected chi connectivity index (χ2v) is 5.95. The van der Waals surface area contributed by atoms with Gasteiger partial charge in [0.05, 0.1) is 16.9 Å². The van der Waals surface area contributed by atoms with Crippen LogP contribution in [0.15, 0.2) is 17.0 Å². The number of aromatic hydroxyl groups is 1. The standard InChI is InChI=1S/C13H12N2O5S2/c1-3-14-12(17)10(22-13(14)21)6-7-4-8(15(18)19)11(16)9(5-7)20-2/h4-6,16H,3H2,1-2H3/b10-6-. The van der Waals surface area contributed by atoms with Gasteiger partial charge < -0.3 is 9.84 Å². The van der Waals surface area contributed by atoms with Crippen LogP contribution in [-0.2, 0) is 4.79 Å². The molecule has 0 bridgehead atoms. The van der Waals surface area contributed by atoms with Crippen molar-refractivity contribution in [3.63, 3.8) is 0 Å². The molecule has 7 nitrogen and oxygen atoms in total. The summed E-state index contributed by atoms with van der Waals surface area (Å²) in [4.78, 5) is 24.2. The highest BCUT2D eigenvalue weighted by molar-refractivity contribution is 8.26. The zero-order valence-electron chi connectivity index (χ0n) is 11.7. The summed E-state index contributed by atoms with van der Waals surface area (Å²) in [7, 11) is 1.29. The highest BCUT2D eigenvalue weighted by atomic mass is 32.2. The Bertz CT molecular complexity index is 702. The summed E-state index contributed by atoms with van der Waals surface area (Å²) in [6, 6.07) is 2.59. The lowest BCUT2D eigenvalue weighted by Crippen LogP contribution is -2.27. The van der Waals surface area contributed by atoms with Gasteiger partial charge in [0.1, 0.15) is 4.32 Å². The van der Waals surface area contributed by atoms with Gasteiger partial charge in [0.2, 0.25) is 5.75 Å². The first-order valence-electron chi connectivity index (χ1n) is 6.19. The highest BCUT2D eigenvalue weighted by Crippen LogP contribution is 2.39. The molecule has 2 rings (SSSR count). The molecule has 0 aromatic heterocycles. The Morgan fingerprint density at radius 2 is 2.23 bits per heavy atom. The number of phenols is 1. The number of ether oxygens (including phenoxy) is 1. The molecule has 0 saturated carbocycles. The van der Waals surface area contributed by atoms with Gasteiger partial charge in [0.25, 0.3) is 5.91 Å². The largest absolute Gasteiger partial charge is 0.500 e. The molecule has 116 valence electrons. The van der Waals surface area contributed by atoms with Crippen LogP contribution in [0.2, 0.25) is 0 Å². The number of nitro groups is 1. The van der Waals surface area contributed by atoms with E-state index in [1.165, 1.54) is 30.2 Å². The Balaban J connectivity index is 2.48. The first-order chi connectivity index (χ1) is 10.4. The van der Waals surface area contributed by atoms with Crippen molar-refractivity contribution in [1.29, 1.82) is 0 Å². The zero-order chi connectivity index (χ0) is 16.4. The lowest BCUT2D eigenvalue weighted by molar-refractivity contribution is -0.386. The van der Waals surface area contributed by atoms with Crippen LogP contribution in [-0.4, -0.2) is 38.8 Å². The van der Waals surface area contributed by atoms with Crippen molar-refractivity contribution in [2.24, 2.45) is 0 Å². The molecule has 0 spiro atoms. The number of hydrogen-bond donors (Lipinski definition) is 1. The first-order valence-corrected chi connectivity index (χ1v) is 7.42. The molecule has 1 aromatic rings. The predicted molar refractivity (Wildman–Crippen MR) is 86.9 cm³/mol. The molecule has 0 atom stereocenters. The fourth-order valence-electron chi connectivity index (χ4n) is 1.92. The second-order valence-electron chi connectivity index (χ2n) is 4.27. The number of amides is 1. The van der Waals surface area contributed by atoms with E-state index in [0.29, 0.717) is 21.3 Å². The fraction of sp³-hybridized carbons (Fsp3) is 0.231. The van der Waals surface area contributed by atoms with Crippen molar-refractivity contribution >= 4 is 46.0 Å². The lowest BCUT2D eigenvalue weighted by atomic mass is 10.1. The van der Waals surface area contributed by atoms with Crippen LogP contribution in [0.3, 0.4) is 0 Å². The summed E-state index contributed by atoms with van der Waals surface area (Å²) in [6.45, 7) is 2.27. The van der Waals surface area contributed by atoms with E-state index in [1.807, 2.05) is 6.92 Å². The SMILES string of the molecule is CCN1C(=O)/C(=C/c2cc(OC)c(O)c([N+](=O)[O-])c2)SC1=S. The lowest BCUT2D eigenvalue weighted by Gasteiger charge is -2.09. The third-order valence-electron chi connectivity index (χ3n) is 2.98. The number of nitrogens with zero attached hydrogens (tertiary/aromatic N) is 2. The Morgan fingerprint density at radius 3 is 2.73 bits per heavy atom. The first kappa shape index (κ1) is 16.2. The van der Waals surface area contributed by atoms with Gasteiger partial charge in [-0.1, -0.05) is 24.0 Å². The van der Waals surface area contributed by atoms with Crippen molar-refractivity contribution in [3.05, 3.63) is 32.7 Å². The number of carbonyl (C=O) groups is 1. The normalized spacial score (nSPS) is 16.5. The number of hydrogen-bond acceptors (Lipinski definition) is 7. The molecule has 22 heavy (non-hydrogen) atoms. The Morgan fingerprint density at radius 1 is 1.55 bits per heavy atom. The molecule has 0 unspecified atom stereocenters. The quantitative estimate of drug-likeness (QED) is 0.389. The topological polar surface area (TPSA) is 92.9 Å². The zero-order valence-corrected chi connectivity index (χ0v) is 13.4. The number of nitro benzene ring substituents is 1. The number of rotatable bonds is 4. The second kappa shape index (κ2) is 6.32. The molecule has 1 aliphatic rings. The third-order valence-corrected chi connectivity index (χ3v) is 4.36. The monoisotopic (exact) mass is 340 g/mol. The smallest absolute Gasteiger partial charge is 0.315 e. The van der Waals surface area contributed by atoms with E-state index in [9.17, 15) is 20.0 Å². The number of carbonyl (C=O) groups excluding carboxylic acids is 1. The number of benzene rings is 1. The van der Waals surface area contributed by atoms with Crippen molar-refractivity contribution in [1.82, 2.24) is 4.90 Å². The summed E-state index contributed by atoms with van der Waals surface area (Å²) in [5.41, 5.74) is -0.116. The number of likely N-dealkylation sites (N-methyl/N-ethyl adjacent to an activating group) is 1. The van der Waals surface area contributed by atoms with E-state index < -0.39 is 16.4 Å². The van der Waals surface area contributed by atoms with Gasteiger partial charge in [-0.3, -0.25) is 19.8 Å². The van der Waals surface area contributed by atoms with Gasteiger partial charge in [-0.05, 0) is 24.6 Å². The maximum atomic E-state index is 12.1. The molecule has 1 aromatic carbocycles. The molecular weight excluding hydrogens is 328 g/mol. The molecule has 1 N–H and O–H groups in total. The van der Waals surface area contributed by atoms with E-state index in [0.717, 1.165) is 11.8 Å². The fourth-order valence-corrected chi connectivity index (χ4v) is 3.30. The third kappa shape index (κ3) is 2.90. The highest BCUT2D eigenvalue weighted by Gasteiger charge is 2.31. The molecule has 1 heterocycles. The van der Waals surface area contributed by atoms with Crippen LogP contribution < -0.4 is 4.74 Å². The van der Waals surface area contributed by atoms with E-state index in [4.69, 9.17) is 17.0 Å². The van der Waals surface area contributed by atoms with E-state index in [1.54, 1.807) is 0 Å². The van der Waals surface area contributed by atoms with E-state index in [-0.39, 0.29) is 11.7 Å². The van der Waals surface area contributed by atoms with Crippen molar-refractivity contribution in [3.8, 4) is 11.5 Å². The van der Waals surface area contributed by atoms with Crippen LogP contribution in [0.4, 0.5) is 5.69 Å². The van der Waals surface area contributed by atoms with E-state index >= 15 is 0 Å². The van der Waals surface area contributed by atoms with Gasteiger partial charge in [-0.25, -0.2) is 0 Å². The number of thiocarbonyl (C=S) groups is 1. The molecule has 1 saturated heterocycles. The van der Waals surface area contributed by atoms with Crippen LogP contribution in [0.1, 0.15) is 12.5 Å². The Labute approximate surface area is 135 Å². The predicted octanol–water partition coefficient (Wildman–Crippen LogP) is 2.53. The van der Waals surface area contributed by atoms with Crippen molar-refractivity contribution in [2.75, 3.05) is 13.7 Å². The van der Waals surface area contributed by atoms with Crippen LogP contribution >= 0.6 is 24.0 Å². The minimum atomic E-state index is -0.716. The Hall–Kier alpha value is -2.13. The summed E-state index contributed by atoms with van der Waals surface area (Å²) in [5.74, 6) is -0.829.